The summed E-state index contributed by atoms with van der Waals surface area (Å²) in [4.78, 5) is 15.4. The molecule has 2 aliphatic rings. The van der Waals surface area contributed by atoms with Crippen LogP contribution in [0, 0.1) is 0 Å². The summed E-state index contributed by atoms with van der Waals surface area (Å²) < 4.78 is 33.8. The number of Topliss-reactive ketones (excluding diaryl/α,β-unsaturated/α-hetero) is 1. The molecule has 0 amide bonds. The van der Waals surface area contributed by atoms with Crippen molar-refractivity contribution in [2.24, 2.45) is 0 Å². The average Bonchev–Trinajstić information content (AvgIpc) is 3.26. The molecule has 0 radical (unpaired) electrons. The van der Waals surface area contributed by atoms with E-state index in [0.29, 0.717) is 47.4 Å². The van der Waals surface area contributed by atoms with E-state index < -0.39 is 0 Å². The van der Waals surface area contributed by atoms with Gasteiger partial charge in [0, 0.05) is 18.7 Å². The van der Waals surface area contributed by atoms with Gasteiger partial charge in [-0.05, 0) is 54.5 Å². The highest BCUT2D eigenvalue weighted by atomic mass is 16.5. The zero-order chi connectivity index (χ0) is 25.9. The van der Waals surface area contributed by atoms with Crippen LogP contribution in [0.25, 0.3) is 6.08 Å². The fourth-order valence-corrected chi connectivity index (χ4v) is 4.61. The molecule has 0 N–H and O–H groups in total. The molecule has 3 aromatic rings. The van der Waals surface area contributed by atoms with Crippen LogP contribution in [0.5, 0.6) is 34.5 Å². The Labute approximate surface area is 215 Å². The fraction of sp³-hybridized carbons (Fsp3) is 0.276. The Morgan fingerprint density at radius 2 is 1.68 bits per heavy atom. The SMILES string of the molecule is COc1ccc(CCN2COc3ccc4c(c3C2)O/C(=C\c2ccc(OC)c(OC)c2OC)C4=O)cc1. The Balaban J connectivity index is 1.37. The third-order valence-electron chi connectivity index (χ3n) is 6.58. The number of ketones is 1. The van der Waals surface area contributed by atoms with E-state index >= 15 is 0 Å². The van der Waals surface area contributed by atoms with Crippen LogP contribution in [0.2, 0.25) is 0 Å². The number of nitrogens with zero attached hydrogens (tertiary/aromatic N) is 1. The Morgan fingerprint density at radius 3 is 2.38 bits per heavy atom. The lowest BCUT2D eigenvalue weighted by atomic mass is 10.0. The average molecular weight is 504 g/mol. The first-order valence-corrected chi connectivity index (χ1v) is 11.9. The van der Waals surface area contributed by atoms with Crippen LogP contribution in [0.1, 0.15) is 27.0 Å². The van der Waals surface area contributed by atoms with E-state index in [1.807, 2.05) is 18.2 Å². The minimum Gasteiger partial charge on any atom is -0.497 e. The van der Waals surface area contributed by atoms with E-state index in [1.165, 1.54) is 12.7 Å². The topological polar surface area (TPSA) is 75.7 Å². The fourth-order valence-electron chi connectivity index (χ4n) is 4.61. The van der Waals surface area contributed by atoms with E-state index in [2.05, 4.69) is 17.0 Å². The zero-order valence-electron chi connectivity index (χ0n) is 21.3. The van der Waals surface area contributed by atoms with Crippen molar-refractivity contribution in [3.63, 3.8) is 0 Å². The molecule has 0 aromatic heterocycles. The molecule has 3 aromatic carbocycles. The molecule has 0 fully saturated rings. The van der Waals surface area contributed by atoms with Crippen LogP contribution in [0.4, 0.5) is 0 Å². The van der Waals surface area contributed by atoms with Crippen molar-refractivity contribution in [2.45, 2.75) is 13.0 Å². The van der Waals surface area contributed by atoms with E-state index in [4.69, 9.17) is 28.4 Å². The summed E-state index contributed by atoms with van der Waals surface area (Å²) in [6.07, 6.45) is 2.53. The molecule has 37 heavy (non-hydrogen) atoms. The largest absolute Gasteiger partial charge is 0.497 e. The van der Waals surface area contributed by atoms with Gasteiger partial charge < -0.3 is 28.4 Å². The predicted molar refractivity (Wildman–Crippen MR) is 138 cm³/mol. The van der Waals surface area contributed by atoms with E-state index in [-0.39, 0.29) is 11.5 Å². The van der Waals surface area contributed by atoms with Gasteiger partial charge in [0.1, 0.15) is 24.0 Å². The minimum atomic E-state index is -0.190. The maximum atomic E-state index is 13.3. The molecule has 0 saturated carbocycles. The molecule has 2 heterocycles. The minimum absolute atomic E-state index is 0.190. The second-order valence-electron chi connectivity index (χ2n) is 8.71. The lowest BCUT2D eigenvalue weighted by molar-refractivity contribution is 0.0949. The summed E-state index contributed by atoms with van der Waals surface area (Å²) in [6, 6.07) is 15.2. The van der Waals surface area contributed by atoms with Gasteiger partial charge in [-0.3, -0.25) is 9.69 Å². The molecular weight excluding hydrogens is 474 g/mol. The number of hydrogen-bond donors (Lipinski definition) is 0. The third-order valence-corrected chi connectivity index (χ3v) is 6.58. The molecule has 8 nitrogen and oxygen atoms in total. The van der Waals surface area contributed by atoms with Gasteiger partial charge in [-0.25, -0.2) is 0 Å². The number of rotatable bonds is 8. The Hall–Kier alpha value is -4.17. The number of benzene rings is 3. The highest BCUT2D eigenvalue weighted by Crippen LogP contribution is 2.44. The molecule has 0 unspecified atom stereocenters. The summed E-state index contributed by atoms with van der Waals surface area (Å²) in [7, 11) is 6.30. The van der Waals surface area contributed by atoms with E-state index in [0.717, 1.165) is 30.0 Å². The van der Waals surface area contributed by atoms with Crippen molar-refractivity contribution < 1.29 is 33.2 Å². The maximum Gasteiger partial charge on any atom is 0.231 e. The van der Waals surface area contributed by atoms with Gasteiger partial charge >= 0.3 is 0 Å². The molecule has 0 atom stereocenters. The van der Waals surface area contributed by atoms with Gasteiger partial charge in [0.05, 0.1) is 39.6 Å². The Bertz CT molecular complexity index is 1350. The number of hydrogen-bond acceptors (Lipinski definition) is 8. The van der Waals surface area contributed by atoms with Crippen molar-refractivity contribution in [3.8, 4) is 34.5 Å². The first-order chi connectivity index (χ1) is 18.1. The number of carbonyl (C=O) groups is 1. The van der Waals surface area contributed by atoms with Gasteiger partial charge in [-0.2, -0.15) is 0 Å². The second kappa shape index (κ2) is 10.4. The smallest absolute Gasteiger partial charge is 0.231 e. The standard InChI is InChI=1S/C29H29NO7/c1-32-20-8-5-18(6-9-20)13-14-30-16-22-23(36-17-30)12-10-21-26(31)25(37-28(21)22)15-19-7-11-24(33-2)29(35-4)27(19)34-3/h5-12,15H,13-14,16-17H2,1-4H3/b25-15-. The zero-order valence-corrected chi connectivity index (χ0v) is 21.3. The molecule has 8 heteroatoms. The summed E-state index contributed by atoms with van der Waals surface area (Å²) in [5, 5.41) is 0. The van der Waals surface area contributed by atoms with Crippen LogP contribution in [0.3, 0.4) is 0 Å². The van der Waals surface area contributed by atoms with Crippen LogP contribution in [0.15, 0.2) is 54.3 Å². The summed E-state index contributed by atoms with van der Waals surface area (Å²) in [5.41, 5.74) is 3.24. The van der Waals surface area contributed by atoms with Crippen molar-refractivity contribution in [2.75, 3.05) is 41.7 Å². The van der Waals surface area contributed by atoms with Crippen LogP contribution >= 0.6 is 0 Å². The summed E-state index contributed by atoms with van der Waals surface area (Å²) in [6.45, 7) is 1.89. The van der Waals surface area contributed by atoms with E-state index in [9.17, 15) is 4.79 Å². The van der Waals surface area contributed by atoms with E-state index in [1.54, 1.807) is 45.6 Å². The van der Waals surface area contributed by atoms with Crippen LogP contribution in [-0.2, 0) is 13.0 Å². The monoisotopic (exact) mass is 503 g/mol. The molecule has 0 aliphatic carbocycles. The highest BCUT2D eigenvalue weighted by Gasteiger charge is 2.34. The number of methoxy groups -OCH3 is 4. The molecule has 192 valence electrons. The Kier molecular flexibility index (Phi) is 6.92. The first-order valence-electron chi connectivity index (χ1n) is 11.9. The number of allylic oxidation sites excluding steroid dienone is 1. The molecule has 2 aliphatic heterocycles. The van der Waals surface area contributed by atoms with Crippen molar-refractivity contribution in [3.05, 3.63) is 76.5 Å². The van der Waals surface area contributed by atoms with Crippen molar-refractivity contribution >= 4 is 11.9 Å². The lowest BCUT2D eigenvalue weighted by Gasteiger charge is -2.29. The number of carbonyl (C=O) groups excluding carboxylic acids is 1. The lowest BCUT2D eigenvalue weighted by Crippen LogP contribution is -2.33. The van der Waals surface area contributed by atoms with Gasteiger partial charge in [0.2, 0.25) is 11.5 Å². The van der Waals surface area contributed by atoms with Crippen molar-refractivity contribution in [1.29, 1.82) is 0 Å². The maximum absolute atomic E-state index is 13.3. The van der Waals surface area contributed by atoms with Gasteiger partial charge in [-0.15, -0.1) is 0 Å². The number of ether oxygens (including phenoxy) is 6. The number of fused-ring (bicyclic) bond motifs is 3. The molecule has 0 saturated heterocycles. The first kappa shape index (κ1) is 24.5. The van der Waals surface area contributed by atoms with Crippen LogP contribution < -0.4 is 28.4 Å². The van der Waals surface area contributed by atoms with Crippen LogP contribution in [-0.4, -0.2) is 52.4 Å². The summed E-state index contributed by atoms with van der Waals surface area (Å²) >= 11 is 0. The second-order valence-corrected chi connectivity index (χ2v) is 8.71. The van der Waals surface area contributed by atoms with Gasteiger partial charge in [-0.1, -0.05) is 12.1 Å². The summed E-state index contributed by atoms with van der Waals surface area (Å²) in [5.74, 6) is 3.57. The molecule has 5 rings (SSSR count). The Morgan fingerprint density at radius 1 is 0.892 bits per heavy atom. The molecule has 0 spiro atoms. The highest BCUT2D eigenvalue weighted by molar-refractivity contribution is 6.15. The van der Waals surface area contributed by atoms with Gasteiger partial charge in [0.15, 0.2) is 17.3 Å². The third kappa shape index (κ3) is 4.68. The molecule has 0 bridgehead atoms. The quantitative estimate of drug-likeness (QED) is 0.409. The van der Waals surface area contributed by atoms with Gasteiger partial charge in [0.25, 0.3) is 0 Å². The van der Waals surface area contributed by atoms with Crippen molar-refractivity contribution in [1.82, 2.24) is 4.90 Å². The normalized spacial score (nSPS) is 15.5. The molecular formula is C29H29NO7. The predicted octanol–water partition coefficient (Wildman–Crippen LogP) is 4.73.